The lowest BCUT2D eigenvalue weighted by Gasteiger charge is -2.02. The fourth-order valence-electron chi connectivity index (χ4n) is 2.06. The first-order valence-electron chi connectivity index (χ1n) is 5.59. The Morgan fingerprint density at radius 2 is 2.18 bits per heavy atom. The largest absolute Gasteiger partial charge is 0.493 e. The smallest absolute Gasteiger partial charge is 0.193 e. The quantitative estimate of drug-likeness (QED) is 0.758. The molecule has 0 saturated carbocycles. The number of fused-ring (bicyclic) bond motifs is 1. The molecule has 2 nitrogen and oxygen atoms in total. The summed E-state index contributed by atoms with van der Waals surface area (Å²) in [5, 5.41) is 1.92. The molecule has 0 amide bonds. The Morgan fingerprint density at radius 3 is 2.94 bits per heavy atom. The number of benzene rings is 1. The van der Waals surface area contributed by atoms with E-state index in [1.54, 1.807) is 11.3 Å². The molecule has 0 radical (unpaired) electrons. The van der Waals surface area contributed by atoms with Gasteiger partial charge in [0.2, 0.25) is 0 Å². The van der Waals surface area contributed by atoms with Crippen LogP contribution in [0.25, 0.3) is 0 Å². The van der Waals surface area contributed by atoms with Crippen LogP contribution in [0.1, 0.15) is 26.4 Å². The third-order valence-corrected chi connectivity index (χ3v) is 3.81. The first kappa shape index (κ1) is 10.5. The van der Waals surface area contributed by atoms with Gasteiger partial charge in [-0.15, -0.1) is 11.3 Å². The maximum atomic E-state index is 12.2. The van der Waals surface area contributed by atoms with Crippen LogP contribution in [0.4, 0.5) is 0 Å². The van der Waals surface area contributed by atoms with Gasteiger partial charge in [0.05, 0.1) is 6.61 Å². The molecule has 1 aliphatic rings. The number of hydrogen-bond donors (Lipinski definition) is 0. The maximum absolute atomic E-state index is 12.2. The number of rotatable bonds is 2. The summed E-state index contributed by atoms with van der Waals surface area (Å²) >= 11 is 1.61. The number of ether oxygens (including phenoxy) is 1. The van der Waals surface area contributed by atoms with Crippen LogP contribution < -0.4 is 4.74 Å². The predicted octanol–water partition coefficient (Wildman–Crippen LogP) is 3.22. The fourth-order valence-corrected chi connectivity index (χ4v) is 2.74. The molecule has 3 heteroatoms. The van der Waals surface area contributed by atoms with Crippen LogP contribution in [0.3, 0.4) is 0 Å². The first-order chi connectivity index (χ1) is 8.24. The van der Waals surface area contributed by atoms with Crippen molar-refractivity contribution in [1.82, 2.24) is 0 Å². The van der Waals surface area contributed by atoms with Gasteiger partial charge in [0.15, 0.2) is 5.78 Å². The minimum atomic E-state index is 0.101. The van der Waals surface area contributed by atoms with Crippen LogP contribution in [0.2, 0.25) is 0 Å². The van der Waals surface area contributed by atoms with Crippen LogP contribution in [0, 0.1) is 6.92 Å². The van der Waals surface area contributed by atoms with Crippen LogP contribution >= 0.6 is 11.3 Å². The molecule has 1 aromatic heterocycles. The minimum Gasteiger partial charge on any atom is -0.493 e. The summed E-state index contributed by atoms with van der Waals surface area (Å²) in [4.78, 5) is 13.4. The normalized spacial score (nSPS) is 13.2. The lowest BCUT2D eigenvalue weighted by atomic mass is 10.0. The summed E-state index contributed by atoms with van der Waals surface area (Å²) in [6, 6.07) is 7.64. The standard InChI is InChI=1S/C14H12O2S/c1-9-6-12(8-17-9)14(15)11-2-3-13-10(7-11)4-5-16-13/h2-3,6-8H,4-5H2,1H3. The lowest BCUT2D eigenvalue weighted by molar-refractivity contribution is 0.103. The molecule has 0 bridgehead atoms. The van der Waals surface area contributed by atoms with Crippen molar-refractivity contribution in [2.24, 2.45) is 0 Å². The summed E-state index contributed by atoms with van der Waals surface area (Å²) in [6.45, 7) is 2.74. The molecule has 1 aromatic carbocycles. The Hall–Kier alpha value is -1.61. The van der Waals surface area contributed by atoms with E-state index in [9.17, 15) is 4.79 Å². The summed E-state index contributed by atoms with van der Waals surface area (Å²) in [5.41, 5.74) is 2.68. The Balaban J connectivity index is 1.97. The molecule has 0 N–H and O–H groups in total. The van der Waals surface area contributed by atoms with Gasteiger partial charge in [-0.25, -0.2) is 0 Å². The molecule has 0 atom stereocenters. The Labute approximate surface area is 104 Å². The molecule has 17 heavy (non-hydrogen) atoms. The Bertz CT molecular complexity index is 584. The second kappa shape index (κ2) is 4.00. The number of carbonyl (C=O) groups excluding carboxylic acids is 1. The summed E-state index contributed by atoms with van der Waals surface area (Å²) in [5.74, 6) is 1.02. The van der Waals surface area contributed by atoms with E-state index >= 15 is 0 Å². The maximum Gasteiger partial charge on any atom is 0.193 e. The molecule has 3 rings (SSSR count). The van der Waals surface area contributed by atoms with Crippen molar-refractivity contribution in [2.45, 2.75) is 13.3 Å². The zero-order chi connectivity index (χ0) is 11.8. The van der Waals surface area contributed by atoms with Crippen molar-refractivity contribution >= 4 is 17.1 Å². The highest BCUT2D eigenvalue weighted by Crippen LogP contribution is 2.27. The highest BCUT2D eigenvalue weighted by molar-refractivity contribution is 7.10. The average molecular weight is 244 g/mol. The topological polar surface area (TPSA) is 26.3 Å². The van der Waals surface area contributed by atoms with Gasteiger partial charge in [-0.1, -0.05) is 0 Å². The Kier molecular flexibility index (Phi) is 2.48. The van der Waals surface area contributed by atoms with Crippen molar-refractivity contribution in [1.29, 1.82) is 0 Å². The zero-order valence-electron chi connectivity index (χ0n) is 9.53. The lowest BCUT2D eigenvalue weighted by Crippen LogP contribution is -1.99. The van der Waals surface area contributed by atoms with E-state index < -0.39 is 0 Å². The second-order valence-electron chi connectivity index (χ2n) is 4.20. The molecule has 1 aliphatic heterocycles. The van der Waals surface area contributed by atoms with Gasteiger partial charge in [0.25, 0.3) is 0 Å². The van der Waals surface area contributed by atoms with E-state index in [1.807, 2.05) is 36.6 Å². The number of carbonyl (C=O) groups is 1. The molecule has 0 saturated heterocycles. The third-order valence-electron chi connectivity index (χ3n) is 2.94. The first-order valence-corrected chi connectivity index (χ1v) is 6.47. The second-order valence-corrected chi connectivity index (χ2v) is 5.31. The molecule has 86 valence electrons. The van der Waals surface area contributed by atoms with Crippen LogP contribution in [0.5, 0.6) is 5.75 Å². The van der Waals surface area contributed by atoms with E-state index in [1.165, 1.54) is 0 Å². The average Bonchev–Trinajstić information content (AvgIpc) is 2.95. The van der Waals surface area contributed by atoms with Crippen molar-refractivity contribution in [3.8, 4) is 5.75 Å². The van der Waals surface area contributed by atoms with Gasteiger partial charge in [-0.3, -0.25) is 4.79 Å². The fraction of sp³-hybridized carbons (Fsp3) is 0.214. The van der Waals surface area contributed by atoms with Gasteiger partial charge in [0.1, 0.15) is 5.75 Å². The van der Waals surface area contributed by atoms with E-state index in [2.05, 4.69) is 0 Å². The van der Waals surface area contributed by atoms with E-state index in [4.69, 9.17) is 4.74 Å². The predicted molar refractivity (Wildman–Crippen MR) is 68.1 cm³/mol. The molecule has 0 aliphatic carbocycles. The van der Waals surface area contributed by atoms with Crippen molar-refractivity contribution in [2.75, 3.05) is 6.61 Å². The molecular weight excluding hydrogens is 232 g/mol. The zero-order valence-corrected chi connectivity index (χ0v) is 10.3. The summed E-state index contributed by atoms with van der Waals surface area (Å²) in [6.07, 6.45) is 0.902. The molecule has 0 unspecified atom stereocenters. The van der Waals surface area contributed by atoms with Crippen LogP contribution in [-0.2, 0) is 6.42 Å². The van der Waals surface area contributed by atoms with E-state index in [0.29, 0.717) is 0 Å². The van der Waals surface area contributed by atoms with E-state index in [0.717, 1.165) is 40.3 Å². The van der Waals surface area contributed by atoms with Crippen molar-refractivity contribution in [3.05, 3.63) is 51.2 Å². The number of aryl methyl sites for hydroxylation is 1. The molecule has 0 spiro atoms. The SMILES string of the molecule is Cc1cc(C(=O)c2ccc3c(c2)CCO3)cs1. The van der Waals surface area contributed by atoms with E-state index in [-0.39, 0.29) is 5.78 Å². The molecule has 2 aromatic rings. The van der Waals surface area contributed by atoms with Gasteiger partial charge in [0, 0.05) is 27.8 Å². The molecular formula is C14H12O2S. The minimum absolute atomic E-state index is 0.101. The molecule has 2 heterocycles. The van der Waals surface area contributed by atoms with Gasteiger partial charge >= 0.3 is 0 Å². The summed E-state index contributed by atoms with van der Waals surface area (Å²) < 4.78 is 5.43. The van der Waals surface area contributed by atoms with Gasteiger partial charge in [-0.2, -0.15) is 0 Å². The van der Waals surface area contributed by atoms with Gasteiger partial charge < -0.3 is 4.74 Å². The number of thiophene rings is 1. The van der Waals surface area contributed by atoms with Gasteiger partial charge in [-0.05, 0) is 36.8 Å². The Morgan fingerprint density at radius 1 is 1.29 bits per heavy atom. The highest BCUT2D eigenvalue weighted by Gasteiger charge is 2.16. The number of ketones is 1. The molecule has 0 fully saturated rings. The van der Waals surface area contributed by atoms with Crippen molar-refractivity contribution < 1.29 is 9.53 Å². The third kappa shape index (κ3) is 1.87. The monoisotopic (exact) mass is 244 g/mol. The van der Waals surface area contributed by atoms with Crippen LogP contribution in [0.15, 0.2) is 29.6 Å². The number of hydrogen-bond acceptors (Lipinski definition) is 3. The highest BCUT2D eigenvalue weighted by atomic mass is 32.1. The van der Waals surface area contributed by atoms with Crippen molar-refractivity contribution in [3.63, 3.8) is 0 Å². The summed E-state index contributed by atoms with van der Waals surface area (Å²) in [7, 11) is 0. The van der Waals surface area contributed by atoms with Crippen LogP contribution in [-0.4, -0.2) is 12.4 Å².